The Morgan fingerprint density at radius 1 is 0.821 bits per heavy atom. The molecule has 0 atom stereocenters. The molecule has 0 bridgehead atoms. The fourth-order valence-corrected chi connectivity index (χ4v) is 4.78. The zero-order chi connectivity index (χ0) is 28.0. The fourth-order valence-electron chi connectivity index (χ4n) is 4.78. The number of nitrogens with zero attached hydrogens (tertiary/aromatic N) is 4. The summed E-state index contributed by atoms with van der Waals surface area (Å²) in [5, 5.41) is 0. The Labute approximate surface area is 235 Å². The van der Waals surface area contributed by atoms with Crippen molar-refractivity contribution in [1.29, 1.82) is 0 Å². The first-order chi connectivity index (χ1) is 19.1. The van der Waals surface area contributed by atoms with Crippen LogP contribution in [0.3, 0.4) is 0 Å². The highest BCUT2D eigenvalue weighted by atomic mass is 16.5. The van der Waals surface area contributed by atoms with E-state index >= 15 is 0 Å². The molecule has 0 spiro atoms. The van der Waals surface area contributed by atoms with Crippen molar-refractivity contribution in [2.75, 3.05) is 52.5 Å². The van der Waals surface area contributed by atoms with Gasteiger partial charge < -0.3 is 28.6 Å². The van der Waals surface area contributed by atoms with E-state index in [1.165, 1.54) is 0 Å². The van der Waals surface area contributed by atoms with Gasteiger partial charge >= 0.3 is 0 Å². The fraction of sp³-hybridized carbons (Fsp3) is 0.531. The lowest BCUT2D eigenvalue weighted by Crippen LogP contribution is -2.25. The lowest BCUT2D eigenvalue weighted by atomic mass is 10.2. The van der Waals surface area contributed by atoms with Crippen LogP contribution in [0.5, 0.6) is 17.2 Å². The Hall–Kier alpha value is -3.03. The SMILES string of the molecule is C/C=C/Oc1cccc(-c2nc3c(OCCCN(CC)CC)cc(OCCCN(CC)CC)cc3n2CC)c1. The first kappa shape index (κ1) is 30.5. The maximum atomic E-state index is 6.38. The van der Waals surface area contributed by atoms with E-state index in [1.54, 1.807) is 6.26 Å². The number of allylic oxidation sites excluding steroid dienone is 1. The van der Waals surface area contributed by atoms with Gasteiger partial charge in [0, 0.05) is 37.3 Å². The van der Waals surface area contributed by atoms with Gasteiger partial charge in [0.2, 0.25) is 0 Å². The largest absolute Gasteiger partial charge is 0.493 e. The van der Waals surface area contributed by atoms with Crippen molar-refractivity contribution in [1.82, 2.24) is 19.4 Å². The summed E-state index contributed by atoms with van der Waals surface area (Å²) < 4.78 is 20.6. The van der Waals surface area contributed by atoms with Crippen LogP contribution in [0.4, 0.5) is 0 Å². The monoisotopic (exact) mass is 536 g/mol. The Kier molecular flexibility index (Phi) is 12.6. The molecule has 0 aliphatic carbocycles. The Morgan fingerprint density at radius 2 is 1.49 bits per heavy atom. The molecule has 7 nitrogen and oxygen atoms in total. The quantitative estimate of drug-likeness (QED) is 0.131. The number of hydrogen-bond donors (Lipinski definition) is 0. The van der Waals surface area contributed by atoms with Gasteiger partial charge in [0.05, 0.1) is 25.0 Å². The smallest absolute Gasteiger partial charge is 0.150 e. The highest BCUT2D eigenvalue weighted by Gasteiger charge is 2.18. The van der Waals surface area contributed by atoms with Crippen molar-refractivity contribution in [3.05, 3.63) is 48.7 Å². The van der Waals surface area contributed by atoms with Gasteiger partial charge in [-0.05, 0) is 65.0 Å². The van der Waals surface area contributed by atoms with E-state index in [4.69, 9.17) is 19.2 Å². The van der Waals surface area contributed by atoms with Gasteiger partial charge in [-0.15, -0.1) is 0 Å². The Balaban J connectivity index is 1.91. The van der Waals surface area contributed by atoms with Crippen molar-refractivity contribution in [2.24, 2.45) is 0 Å². The summed E-state index contributed by atoms with van der Waals surface area (Å²) in [5.41, 5.74) is 2.89. The number of fused-ring (bicyclic) bond motifs is 1. The third-order valence-corrected chi connectivity index (χ3v) is 7.09. The van der Waals surface area contributed by atoms with Gasteiger partial charge in [-0.3, -0.25) is 0 Å². The van der Waals surface area contributed by atoms with Gasteiger partial charge in [-0.1, -0.05) is 45.9 Å². The molecule has 3 rings (SSSR count). The summed E-state index contributed by atoms with van der Waals surface area (Å²) in [6.45, 7) is 21.3. The van der Waals surface area contributed by atoms with E-state index in [2.05, 4.69) is 61.1 Å². The minimum absolute atomic E-state index is 0.637. The van der Waals surface area contributed by atoms with Crippen LogP contribution >= 0.6 is 0 Å². The summed E-state index contributed by atoms with van der Waals surface area (Å²) in [4.78, 5) is 9.93. The minimum atomic E-state index is 0.637. The molecule has 0 N–H and O–H groups in total. The third kappa shape index (κ3) is 8.48. The highest BCUT2D eigenvalue weighted by molar-refractivity contribution is 5.87. The van der Waals surface area contributed by atoms with Gasteiger partial charge in [0.1, 0.15) is 22.8 Å². The predicted octanol–water partition coefficient (Wildman–Crippen LogP) is 6.86. The van der Waals surface area contributed by atoms with Crippen molar-refractivity contribution < 1.29 is 14.2 Å². The molecule has 0 aliphatic heterocycles. The van der Waals surface area contributed by atoms with Gasteiger partial charge in [0.15, 0.2) is 5.75 Å². The van der Waals surface area contributed by atoms with Crippen LogP contribution in [0.2, 0.25) is 0 Å². The second-order valence-electron chi connectivity index (χ2n) is 9.54. The molecule has 7 heteroatoms. The van der Waals surface area contributed by atoms with Gasteiger partial charge in [-0.25, -0.2) is 4.98 Å². The van der Waals surface area contributed by atoms with Gasteiger partial charge in [0.25, 0.3) is 0 Å². The maximum absolute atomic E-state index is 6.38. The predicted molar refractivity (Wildman–Crippen MR) is 162 cm³/mol. The lowest BCUT2D eigenvalue weighted by molar-refractivity contribution is 0.243. The molecule has 0 aliphatic rings. The number of rotatable bonds is 18. The second kappa shape index (κ2) is 16.2. The van der Waals surface area contributed by atoms with Gasteiger partial charge in [-0.2, -0.15) is 0 Å². The molecule has 3 aromatic rings. The molecule has 39 heavy (non-hydrogen) atoms. The molecule has 0 amide bonds. The average molecular weight is 537 g/mol. The van der Waals surface area contributed by atoms with Crippen molar-refractivity contribution in [2.45, 2.75) is 60.9 Å². The molecule has 2 aromatic carbocycles. The van der Waals surface area contributed by atoms with E-state index in [-0.39, 0.29) is 0 Å². The first-order valence-corrected chi connectivity index (χ1v) is 14.7. The van der Waals surface area contributed by atoms with Crippen LogP contribution in [-0.2, 0) is 6.54 Å². The summed E-state index contributed by atoms with van der Waals surface area (Å²) in [5.74, 6) is 3.28. The number of aryl methyl sites for hydroxylation is 1. The molecule has 0 fully saturated rings. The summed E-state index contributed by atoms with van der Waals surface area (Å²) in [6, 6.07) is 12.2. The molecule has 0 saturated heterocycles. The zero-order valence-corrected chi connectivity index (χ0v) is 24.9. The number of benzene rings is 2. The molecular weight excluding hydrogens is 488 g/mol. The van der Waals surface area contributed by atoms with Crippen molar-refractivity contribution >= 4 is 11.0 Å². The normalized spacial score (nSPS) is 11.8. The second-order valence-corrected chi connectivity index (χ2v) is 9.54. The van der Waals surface area contributed by atoms with Crippen LogP contribution in [0.1, 0.15) is 54.4 Å². The number of hydrogen-bond acceptors (Lipinski definition) is 6. The summed E-state index contributed by atoms with van der Waals surface area (Å²) in [6.07, 6.45) is 5.51. The van der Waals surface area contributed by atoms with E-state index in [0.29, 0.717) is 13.2 Å². The minimum Gasteiger partial charge on any atom is -0.493 e. The van der Waals surface area contributed by atoms with Crippen molar-refractivity contribution in [3.63, 3.8) is 0 Å². The van der Waals surface area contributed by atoms with Crippen LogP contribution in [-0.4, -0.2) is 71.8 Å². The molecule has 1 aromatic heterocycles. The molecular formula is C32H48N4O3. The number of aromatic nitrogens is 2. The molecule has 214 valence electrons. The van der Waals surface area contributed by atoms with E-state index < -0.39 is 0 Å². The van der Waals surface area contributed by atoms with E-state index in [1.807, 2.05) is 37.3 Å². The maximum Gasteiger partial charge on any atom is 0.150 e. The standard InChI is InChI=1S/C32H48N4O3/c1-7-20-37-27-17-13-16-26(23-27)32-33-31-29(36(32)12-6)24-28(38-21-14-18-34(8-2)9-3)25-30(31)39-22-15-19-35(10-4)11-5/h7,13,16-17,20,23-25H,8-12,14-15,18-19,21-22H2,1-6H3/b20-7+. The topological polar surface area (TPSA) is 52.0 Å². The molecule has 1 heterocycles. The molecule has 0 saturated carbocycles. The van der Waals surface area contributed by atoms with E-state index in [0.717, 1.165) is 98.3 Å². The number of ether oxygens (including phenoxy) is 3. The van der Waals surface area contributed by atoms with Crippen LogP contribution in [0.15, 0.2) is 48.7 Å². The lowest BCUT2D eigenvalue weighted by Gasteiger charge is -2.18. The van der Waals surface area contributed by atoms with Crippen molar-refractivity contribution in [3.8, 4) is 28.6 Å². The number of imidazole rings is 1. The average Bonchev–Trinajstić information content (AvgIpc) is 3.35. The third-order valence-electron chi connectivity index (χ3n) is 7.09. The van der Waals surface area contributed by atoms with E-state index in [9.17, 15) is 0 Å². The molecule has 0 unspecified atom stereocenters. The Morgan fingerprint density at radius 3 is 2.10 bits per heavy atom. The van der Waals surface area contributed by atoms with Crippen LogP contribution in [0.25, 0.3) is 22.4 Å². The van der Waals surface area contributed by atoms with Crippen LogP contribution < -0.4 is 14.2 Å². The zero-order valence-electron chi connectivity index (χ0n) is 24.9. The van der Waals surface area contributed by atoms with Crippen LogP contribution in [0, 0.1) is 0 Å². The summed E-state index contributed by atoms with van der Waals surface area (Å²) in [7, 11) is 0. The Bertz CT molecular complexity index is 1170. The summed E-state index contributed by atoms with van der Waals surface area (Å²) >= 11 is 0. The molecule has 0 radical (unpaired) electrons. The highest BCUT2D eigenvalue weighted by Crippen LogP contribution is 2.35. The first-order valence-electron chi connectivity index (χ1n) is 14.7.